The van der Waals surface area contributed by atoms with Crippen LogP contribution in [-0.4, -0.2) is 36.0 Å². The van der Waals surface area contributed by atoms with E-state index in [2.05, 4.69) is 82.1 Å². The summed E-state index contributed by atoms with van der Waals surface area (Å²) in [6, 6.07) is 0. The van der Waals surface area contributed by atoms with E-state index in [-0.39, 0.29) is 15.8 Å². The summed E-state index contributed by atoms with van der Waals surface area (Å²) in [4.78, 5) is 0. The molecule has 0 saturated heterocycles. The summed E-state index contributed by atoms with van der Waals surface area (Å²) < 4.78 is 0. The standard InChI is InChI=1S/C12H28P2.2BrH.Ru/c1-11(2,3)13(7)9-10-14(8)12(4,5)6;;;/h9-10H2,1-8H3;2*1H;/q;;;+2/p-2/t13-,14-;;;/m0.../s1. The molecule has 0 bridgehead atoms. The summed E-state index contributed by atoms with van der Waals surface area (Å²) >= 11 is 6.64. The van der Waals surface area contributed by atoms with E-state index in [0.29, 0.717) is 23.5 Å². The SMILES string of the molecule is C[P@@](CC[P@](C)C(C)(C)C)C(C)(C)C.[Br][Ru][Br]. The van der Waals surface area contributed by atoms with E-state index in [1.54, 1.807) is 0 Å². The summed E-state index contributed by atoms with van der Waals surface area (Å²) in [5.41, 5.74) is 0. The van der Waals surface area contributed by atoms with Crippen molar-refractivity contribution in [2.75, 3.05) is 25.7 Å². The molecule has 0 fully saturated rings. The molecule has 0 aromatic rings. The van der Waals surface area contributed by atoms with Crippen LogP contribution in [0.4, 0.5) is 0 Å². The first-order valence-corrected chi connectivity index (χ1v) is 17.6. The topological polar surface area (TPSA) is 0 Å². The molecule has 0 aromatic carbocycles. The Hall–Kier alpha value is 2.44. The summed E-state index contributed by atoms with van der Waals surface area (Å²) in [5, 5.41) is 1.09. The zero-order valence-electron chi connectivity index (χ0n) is 12.4. The van der Waals surface area contributed by atoms with Crippen LogP contribution in [0.15, 0.2) is 0 Å². The molecule has 0 aliphatic carbocycles. The van der Waals surface area contributed by atoms with Gasteiger partial charge in [-0.25, -0.2) is 0 Å². The zero-order valence-corrected chi connectivity index (χ0v) is 19.1. The molecule has 17 heavy (non-hydrogen) atoms. The molecule has 0 radical (unpaired) electrons. The Morgan fingerprint density at radius 1 is 0.765 bits per heavy atom. The Labute approximate surface area is 133 Å². The van der Waals surface area contributed by atoms with E-state index in [4.69, 9.17) is 0 Å². The van der Waals surface area contributed by atoms with Crippen molar-refractivity contribution in [3.63, 3.8) is 0 Å². The quantitative estimate of drug-likeness (QED) is 0.310. The summed E-state index contributed by atoms with van der Waals surface area (Å²) in [6.45, 7) is 19.2. The van der Waals surface area contributed by atoms with Crippen molar-refractivity contribution >= 4 is 43.1 Å². The molecule has 2 atom stereocenters. The van der Waals surface area contributed by atoms with Crippen LogP contribution < -0.4 is 0 Å². The molecule has 0 aliphatic rings. The minimum absolute atomic E-state index is 0.215. The van der Waals surface area contributed by atoms with Crippen molar-refractivity contribution in [2.24, 2.45) is 0 Å². The van der Waals surface area contributed by atoms with Crippen molar-refractivity contribution in [1.29, 1.82) is 0 Å². The van der Waals surface area contributed by atoms with Gasteiger partial charge in [-0.2, -0.15) is 0 Å². The maximum absolute atomic E-state index is 3.15. The Kier molecular flexibility index (Phi) is 13.1. The van der Waals surface area contributed by atoms with Crippen LogP contribution in [0.3, 0.4) is 0 Å². The normalized spacial score (nSPS) is 16.1. The summed E-state index contributed by atoms with van der Waals surface area (Å²) in [5.74, 6) is 0. The van der Waals surface area contributed by atoms with Crippen LogP contribution in [0.25, 0.3) is 0 Å². The van der Waals surface area contributed by atoms with Crippen LogP contribution >= 0.6 is 43.1 Å². The predicted molar refractivity (Wildman–Crippen MR) is 92.8 cm³/mol. The van der Waals surface area contributed by atoms with E-state index >= 15 is 0 Å². The Bertz CT molecular complexity index is 168. The van der Waals surface area contributed by atoms with Crippen molar-refractivity contribution < 1.29 is 13.2 Å². The van der Waals surface area contributed by atoms with Gasteiger partial charge in [0.1, 0.15) is 0 Å². The molecule has 0 heterocycles. The van der Waals surface area contributed by atoms with E-state index < -0.39 is 0 Å². The van der Waals surface area contributed by atoms with Gasteiger partial charge in [0, 0.05) is 0 Å². The summed E-state index contributed by atoms with van der Waals surface area (Å²) in [7, 11) is 0.430. The molecular weight excluding hydrogens is 467 g/mol. The molecule has 0 rings (SSSR count). The second kappa shape index (κ2) is 10.2. The van der Waals surface area contributed by atoms with Gasteiger partial charge in [-0.3, -0.25) is 0 Å². The van der Waals surface area contributed by atoms with E-state index in [0.717, 1.165) is 0 Å². The molecule has 0 aliphatic heterocycles. The average Bonchev–Trinajstić information content (AvgIpc) is 2.11. The number of hydrogen-bond acceptors (Lipinski definition) is 0. The molecule has 0 amide bonds. The van der Waals surface area contributed by atoms with Gasteiger partial charge in [0.05, 0.1) is 0 Å². The monoisotopic (exact) mass is 494 g/mol. The van der Waals surface area contributed by atoms with Gasteiger partial charge in [-0.15, -0.1) is 15.8 Å². The van der Waals surface area contributed by atoms with E-state index in [1.807, 2.05) is 0 Å². The van der Waals surface area contributed by atoms with Gasteiger partial charge in [-0.1, -0.05) is 41.5 Å². The molecule has 0 unspecified atom stereocenters. The van der Waals surface area contributed by atoms with Crippen LogP contribution in [0.5, 0.6) is 0 Å². The zero-order chi connectivity index (χ0) is 14.3. The molecule has 0 spiro atoms. The molecule has 0 nitrogen and oxygen atoms in total. The number of hydrogen-bond donors (Lipinski definition) is 0. The molecule has 0 N–H and O–H groups in total. The van der Waals surface area contributed by atoms with Crippen molar-refractivity contribution in [2.45, 2.75) is 51.9 Å². The van der Waals surface area contributed by atoms with Crippen LogP contribution in [0, 0.1) is 0 Å². The fourth-order valence-corrected chi connectivity index (χ4v) is 4.71. The first-order valence-electron chi connectivity index (χ1n) is 5.74. The van der Waals surface area contributed by atoms with E-state index in [1.165, 1.54) is 12.3 Å². The Balaban J connectivity index is 0. The molecule has 5 heteroatoms. The first-order chi connectivity index (χ1) is 7.46. The van der Waals surface area contributed by atoms with Gasteiger partial charge < -0.3 is 0 Å². The first kappa shape index (κ1) is 21.7. The second-order valence-electron chi connectivity index (χ2n) is 6.24. The van der Waals surface area contributed by atoms with Gasteiger partial charge >= 0.3 is 40.5 Å². The number of halogens is 2. The second-order valence-corrected chi connectivity index (χ2v) is 20.6. The van der Waals surface area contributed by atoms with Crippen LogP contribution in [-0.2, 0) is 13.2 Å². The minimum atomic E-state index is 0.215. The Morgan fingerprint density at radius 3 is 1.06 bits per heavy atom. The Morgan fingerprint density at radius 2 is 0.941 bits per heavy atom. The molecule has 108 valence electrons. The average molecular weight is 495 g/mol. The summed E-state index contributed by atoms with van der Waals surface area (Å²) in [6.07, 6.45) is 2.91. The number of rotatable bonds is 3. The third-order valence-electron chi connectivity index (χ3n) is 3.06. The molecule has 0 aromatic heterocycles. The molecule has 0 saturated carbocycles. The van der Waals surface area contributed by atoms with Gasteiger partial charge in [-0.05, 0) is 36.0 Å². The van der Waals surface area contributed by atoms with E-state index in [9.17, 15) is 0 Å². The van der Waals surface area contributed by atoms with Crippen molar-refractivity contribution in [3.05, 3.63) is 0 Å². The third-order valence-corrected chi connectivity index (χ3v) is 9.78. The third kappa shape index (κ3) is 13.2. The van der Waals surface area contributed by atoms with Gasteiger partial charge in [0.25, 0.3) is 0 Å². The van der Waals surface area contributed by atoms with Gasteiger partial charge in [0.2, 0.25) is 0 Å². The van der Waals surface area contributed by atoms with Crippen molar-refractivity contribution in [3.8, 4) is 0 Å². The van der Waals surface area contributed by atoms with Crippen molar-refractivity contribution in [1.82, 2.24) is 0 Å². The fourth-order valence-electron chi connectivity index (χ4n) is 0.971. The van der Waals surface area contributed by atoms with Gasteiger partial charge in [0.15, 0.2) is 0 Å². The van der Waals surface area contributed by atoms with Crippen LogP contribution in [0.2, 0.25) is 0 Å². The van der Waals surface area contributed by atoms with Crippen LogP contribution in [0.1, 0.15) is 41.5 Å². The predicted octanol–water partition coefficient (Wildman–Crippen LogP) is 6.50. The fraction of sp³-hybridized carbons (Fsp3) is 1.00. The molecular formula is C12H28Br2P2Ru. The maximum atomic E-state index is 3.15.